The number of carbonyl (C=O) groups is 3. The molecule has 3 rings (SSSR count). The Morgan fingerprint density at radius 2 is 2.00 bits per heavy atom. The fourth-order valence-corrected chi connectivity index (χ4v) is 3.07. The average molecular weight is 382 g/mol. The molecule has 1 atom stereocenters. The van der Waals surface area contributed by atoms with E-state index in [0.717, 1.165) is 16.9 Å². The maximum atomic E-state index is 12.9. The number of benzene rings is 2. The van der Waals surface area contributed by atoms with Crippen molar-refractivity contribution in [1.82, 2.24) is 0 Å². The molecule has 2 aromatic rings. The number of rotatable bonds is 7. The van der Waals surface area contributed by atoms with Crippen LogP contribution in [0.3, 0.4) is 0 Å². The van der Waals surface area contributed by atoms with E-state index < -0.39 is 17.9 Å². The fourth-order valence-electron chi connectivity index (χ4n) is 3.07. The van der Waals surface area contributed by atoms with Crippen molar-refractivity contribution in [2.45, 2.75) is 32.7 Å². The molecular formula is C21H22N2O5. The summed E-state index contributed by atoms with van der Waals surface area (Å²) < 4.78 is 5.68. The molecule has 1 aliphatic rings. The van der Waals surface area contributed by atoms with Crippen LogP contribution in [0, 0.1) is 6.92 Å². The SMILES string of the molecule is CCCOc1ccccc1N1C(=O)C[C@H](Nc2cc(C(=O)O)ccc2C)C1=O. The van der Waals surface area contributed by atoms with E-state index in [1.165, 1.54) is 12.1 Å². The first-order chi connectivity index (χ1) is 13.4. The van der Waals surface area contributed by atoms with Crippen molar-refractivity contribution in [3.63, 3.8) is 0 Å². The summed E-state index contributed by atoms with van der Waals surface area (Å²) in [5.41, 5.74) is 1.84. The van der Waals surface area contributed by atoms with Gasteiger partial charge in [0.2, 0.25) is 5.91 Å². The lowest BCUT2D eigenvalue weighted by atomic mass is 10.1. The van der Waals surface area contributed by atoms with Gasteiger partial charge in [-0.15, -0.1) is 0 Å². The van der Waals surface area contributed by atoms with Gasteiger partial charge >= 0.3 is 5.97 Å². The number of amides is 2. The van der Waals surface area contributed by atoms with E-state index in [1.807, 2.05) is 6.92 Å². The molecule has 0 bridgehead atoms. The van der Waals surface area contributed by atoms with E-state index in [0.29, 0.717) is 23.7 Å². The number of hydrogen-bond acceptors (Lipinski definition) is 5. The lowest BCUT2D eigenvalue weighted by molar-refractivity contribution is -0.121. The Balaban J connectivity index is 1.85. The van der Waals surface area contributed by atoms with Crippen molar-refractivity contribution in [1.29, 1.82) is 0 Å². The summed E-state index contributed by atoms with van der Waals surface area (Å²) in [5, 5.41) is 12.2. The molecule has 0 spiro atoms. The predicted octanol–water partition coefficient (Wildman–Crippen LogP) is 3.23. The third-order valence-electron chi connectivity index (χ3n) is 4.53. The predicted molar refractivity (Wildman–Crippen MR) is 105 cm³/mol. The zero-order valence-corrected chi connectivity index (χ0v) is 15.8. The Morgan fingerprint density at radius 3 is 2.71 bits per heavy atom. The number of aryl methyl sites for hydroxylation is 1. The molecule has 28 heavy (non-hydrogen) atoms. The summed E-state index contributed by atoms with van der Waals surface area (Å²) in [7, 11) is 0. The van der Waals surface area contributed by atoms with E-state index >= 15 is 0 Å². The van der Waals surface area contributed by atoms with Gasteiger partial charge in [-0.25, -0.2) is 9.69 Å². The quantitative estimate of drug-likeness (QED) is 0.714. The van der Waals surface area contributed by atoms with Crippen molar-refractivity contribution in [3.05, 3.63) is 53.6 Å². The summed E-state index contributed by atoms with van der Waals surface area (Å²) in [6.45, 7) is 4.26. The van der Waals surface area contributed by atoms with Gasteiger partial charge in [-0.05, 0) is 43.2 Å². The molecule has 0 aromatic heterocycles. The molecule has 2 N–H and O–H groups in total. The number of ether oxygens (including phenoxy) is 1. The summed E-state index contributed by atoms with van der Waals surface area (Å²) in [5.74, 6) is -1.30. The van der Waals surface area contributed by atoms with Crippen LogP contribution in [0.2, 0.25) is 0 Å². The molecular weight excluding hydrogens is 360 g/mol. The minimum absolute atomic E-state index is 0.0162. The van der Waals surface area contributed by atoms with Gasteiger partial charge in [0.15, 0.2) is 0 Å². The lowest BCUT2D eigenvalue weighted by Crippen LogP contribution is -2.35. The van der Waals surface area contributed by atoms with Gasteiger partial charge in [-0.2, -0.15) is 0 Å². The number of nitrogens with zero attached hydrogens (tertiary/aromatic N) is 1. The maximum absolute atomic E-state index is 12.9. The van der Waals surface area contributed by atoms with Gasteiger partial charge in [-0.1, -0.05) is 25.1 Å². The monoisotopic (exact) mass is 382 g/mol. The maximum Gasteiger partial charge on any atom is 0.335 e. The number of nitrogens with one attached hydrogen (secondary N) is 1. The van der Waals surface area contributed by atoms with Crippen LogP contribution in [0.15, 0.2) is 42.5 Å². The third-order valence-corrected chi connectivity index (χ3v) is 4.53. The zero-order chi connectivity index (χ0) is 20.3. The Hall–Kier alpha value is -3.35. The van der Waals surface area contributed by atoms with Crippen LogP contribution in [0.25, 0.3) is 0 Å². The number of hydrogen-bond donors (Lipinski definition) is 2. The van der Waals surface area contributed by atoms with E-state index in [1.54, 1.807) is 37.3 Å². The molecule has 1 heterocycles. The number of carboxylic acid groups (broad SMARTS) is 1. The van der Waals surface area contributed by atoms with E-state index in [9.17, 15) is 19.5 Å². The molecule has 0 unspecified atom stereocenters. The Kier molecular flexibility index (Phi) is 5.63. The molecule has 0 saturated carbocycles. The van der Waals surface area contributed by atoms with E-state index in [2.05, 4.69) is 5.32 Å². The van der Waals surface area contributed by atoms with Crippen molar-refractivity contribution < 1.29 is 24.2 Å². The fraction of sp³-hybridized carbons (Fsp3) is 0.286. The highest BCUT2D eigenvalue weighted by molar-refractivity contribution is 6.23. The highest BCUT2D eigenvalue weighted by Gasteiger charge is 2.41. The Morgan fingerprint density at radius 1 is 1.25 bits per heavy atom. The number of carboxylic acids is 1. The van der Waals surface area contributed by atoms with Crippen LogP contribution in [-0.4, -0.2) is 35.5 Å². The second-order valence-corrected chi connectivity index (χ2v) is 6.62. The zero-order valence-electron chi connectivity index (χ0n) is 15.8. The van der Waals surface area contributed by atoms with Gasteiger partial charge in [0.05, 0.1) is 24.3 Å². The second kappa shape index (κ2) is 8.12. The van der Waals surface area contributed by atoms with Crippen LogP contribution in [0.4, 0.5) is 11.4 Å². The van der Waals surface area contributed by atoms with Crippen molar-refractivity contribution in [2.24, 2.45) is 0 Å². The summed E-state index contributed by atoms with van der Waals surface area (Å²) in [6.07, 6.45) is 0.789. The molecule has 0 aliphatic carbocycles. The van der Waals surface area contributed by atoms with Crippen LogP contribution in [-0.2, 0) is 9.59 Å². The van der Waals surface area contributed by atoms with Crippen LogP contribution >= 0.6 is 0 Å². The molecule has 0 radical (unpaired) electrons. The minimum atomic E-state index is -1.06. The number of imide groups is 1. The van der Waals surface area contributed by atoms with Gasteiger partial charge < -0.3 is 15.2 Å². The number of aromatic carboxylic acids is 1. The first kappa shape index (κ1) is 19.4. The smallest absolute Gasteiger partial charge is 0.335 e. The van der Waals surface area contributed by atoms with Gasteiger partial charge in [0.1, 0.15) is 11.8 Å². The molecule has 146 valence electrons. The van der Waals surface area contributed by atoms with Crippen LogP contribution in [0.1, 0.15) is 35.7 Å². The van der Waals surface area contributed by atoms with Gasteiger partial charge in [-0.3, -0.25) is 9.59 Å². The first-order valence-corrected chi connectivity index (χ1v) is 9.11. The summed E-state index contributed by atoms with van der Waals surface area (Å²) in [4.78, 5) is 37.9. The lowest BCUT2D eigenvalue weighted by Gasteiger charge is -2.20. The Bertz CT molecular complexity index is 925. The van der Waals surface area contributed by atoms with Crippen molar-refractivity contribution in [2.75, 3.05) is 16.8 Å². The van der Waals surface area contributed by atoms with E-state index in [4.69, 9.17) is 4.74 Å². The Labute approximate surface area is 162 Å². The van der Waals surface area contributed by atoms with E-state index in [-0.39, 0.29) is 17.9 Å². The summed E-state index contributed by atoms with van der Waals surface area (Å²) >= 11 is 0. The molecule has 7 heteroatoms. The number of anilines is 2. The van der Waals surface area contributed by atoms with Gasteiger partial charge in [0.25, 0.3) is 5.91 Å². The molecule has 1 fully saturated rings. The molecule has 2 amide bonds. The number of para-hydroxylation sites is 2. The molecule has 1 saturated heterocycles. The third kappa shape index (κ3) is 3.83. The minimum Gasteiger partial charge on any atom is -0.491 e. The molecule has 7 nitrogen and oxygen atoms in total. The average Bonchev–Trinajstić information content (AvgIpc) is 2.95. The number of carbonyl (C=O) groups excluding carboxylic acids is 2. The first-order valence-electron chi connectivity index (χ1n) is 9.11. The molecule has 1 aliphatic heterocycles. The second-order valence-electron chi connectivity index (χ2n) is 6.62. The van der Waals surface area contributed by atoms with Crippen LogP contribution in [0.5, 0.6) is 5.75 Å². The normalized spacial score (nSPS) is 16.4. The largest absolute Gasteiger partial charge is 0.491 e. The standard InChI is InChI=1S/C21H22N2O5/c1-3-10-28-18-7-5-4-6-17(18)23-19(24)12-16(20(23)25)22-15-11-14(21(26)27)9-8-13(15)2/h4-9,11,16,22H,3,10,12H2,1-2H3,(H,26,27)/t16-/m0/s1. The highest BCUT2D eigenvalue weighted by Crippen LogP contribution is 2.33. The molecule has 2 aromatic carbocycles. The topological polar surface area (TPSA) is 95.9 Å². The van der Waals surface area contributed by atoms with Crippen molar-refractivity contribution in [3.8, 4) is 5.75 Å². The van der Waals surface area contributed by atoms with Crippen molar-refractivity contribution >= 4 is 29.2 Å². The highest BCUT2D eigenvalue weighted by atomic mass is 16.5. The van der Waals surface area contributed by atoms with Gasteiger partial charge in [0, 0.05) is 5.69 Å². The summed E-state index contributed by atoms with van der Waals surface area (Å²) in [6, 6.07) is 10.8. The van der Waals surface area contributed by atoms with Crippen LogP contribution < -0.4 is 15.0 Å².